The summed E-state index contributed by atoms with van der Waals surface area (Å²) in [6, 6.07) is 9.10. The van der Waals surface area contributed by atoms with E-state index in [1.54, 1.807) is 31.4 Å². The number of ether oxygens (including phenoxy) is 2. The molecule has 2 aromatic carbocycles. The van der Waals surface area contributed by atoms with Crippen LogP contribution in [0, 0.1) is 20.2 Å². The van der Waals surface area contributed by atoms with Crippen LogP contribution in [0.25, 0.3) is 11.5 Å². The molecule has 0 fully saturated rings. The first-order valence-corrected chi connectivity index (χ1v) is 9.02. The summed E-state index contributed by atoms with van der Waals surface area (Å²) < 4.78 is 15.8. The number of nitrogens with zero attached hydrogens (tertiary/aromatic N) is 4. The van der Waals surface area contributed by atoms with Gasteiger partial charge in [-0.1, -0.05) is 11.8 Å². The van der Waals surface area contributed by atoms with Crippen LogP contribution in [0.15, 0.2) is 46.0 Å². The zero-order valence-corrected chi connectivity index (χ0v) is 16.0. The normalized spacial score (nSPS) is 10.6. The molecule has 12 heteroatoms. The molecule has 1 heterocycles. The molecular formula is C17H14N4O7S. The number of methoxy groups -OCH3 is 2. The first-order valence-electron chi connectivity index (χ1n) is 8.03. The fourth-order valence-electron chi connectivity index (χ4n) is 2.50. The summed E-state index contributed by atoms with van der Waals surface area (Å²) >= 11 is 1.08. The van der Waals surface area contributed by atoms with Crippen LogP contribution in [0.4, 0.5) is 11.4 Å². The van der Waals surface area contributed by atoms with Gasteiger partial charge in [0.2, 0.25) is 11.6 Å². The summed E-state index contributed by atoms with van der Waals surface area (Å²) in [4.78, 5) is 20.9. The van der Waals surface area contributed by atoms with E-state index in [9.17, 15) is 20.2 Å². The zero-order valence-electron chi connectivity index (χ0n) is 15.2. The summed E-state index contributed by atoms with van der Waals surface area (Å²) in [5.74, 6) is 1.01. The van der Waals surface area contributed by atoms with Crippen molar-refractivity contribution in [1.82, 2.24) is 10.2 Å². The number of hydrogen-bond acceptors (Lipinski definition) is 10. The average molecular weight is 418 g/mol. The van der Waals surface area contributed by atoms with Gasteiger partial charge in [-0.05, 0) is 24.3 Å². The Hall–Kier alpha value is -3.67. The van der Waals surface area contributed by atoms with Crippen molar-refractivity contribution >= 4 is 23.1 Å². The number of nitro benzene ring substituents is 2. The largest absolute Gasteiger partial charge is 0.497 e. The highest BCUT2D eigenvalue weighted by atomic mass is 32.2. The van der Waals surface area contributed by atoms with Gasteiger partial charge >= 0.3 is 5.69 Å². The number of benzene rings is 2. The van der Waals surface area contributed by atoms with E-state index in [0.717, 1.165) is 17.8 Å². The Bertz CT molecular complexity index is 1050. The predicted octanol–water partition coefficient (Wildman–Crippen LogP) is 3.86. The Morgan fingerprint density at radius 2 is 1.76 bits per heavy atom. The number of aromatic nitrogens is 2. The van der Waals surface area contributed by atoms with Crippen molar-refractivity contribution in [2.75, 3.05) is 14.2 Å². The number of nitro groups is 2. The lowest BCUT2D eigenvalue weighted by molar-refractivity contribution is -0.394. The molecule has 0 aliphatic rings. The highest BCUT2D eigenvalue weighted by Crippen LogP contribution is 2.38. The summed E-state index contributed by atoms with van der Waals surface area (Å²) in [6.07, 6.45) is 0. The van der Waals surface area contributed by atoms with Crippen LogP contribution in [0.2, 0.25) is 0 Å². The maximum atomic E-state index is 11.2. The van der Waals surface area contributed by atoms with Crippen molar-refractivity contribution in [3.05, 3.63) is 62.2 Å². The third kappa shape index (κ3) is 4.43. The van der Waals surface area contributed by atoms with Crippen molar-refractivity contribution in [2.24, 2.45) is 0 Å². The smallest absolute Gasteiger partial charge is 0.318 e. The Labute approximate surface area is 167 Å². The Morgan fingerprint density at radius 1 is 1.03 bits per heavy atom. The van der Waals surface area contributed by atoms with Gasteiger partial charge in [0.05, 0.1) is 30.1 Å². The second-order valence-electron chi connectivity index (χ2n) is 5.56. The first-order chi connectivity index (χ1) is 13.9. The molecule has 3 aromatic rings. The minimum atomic E-state index is -0.728. The number of thioether (sulfide) groups is 1. The second kappa shape index (κ2) is 8.56. The molecule has 0 saturated carbocycles. The van der Waals surface area contributed by atoms with Crippen LogP contribution in [0.1, 0.15) is 5.56 Å². The van der Waals surface area contributed by atoms with E-state index in [1.165, 1.54) is 13.2 Å². The lowest BCUT2D eigenvalue weighted by Gasteiger charge is -2.07. The summed E-state index contributed by atoms with van der Waals surface area (Å²) in [7, 11) is 2.82. The summed E-state index contributed by atoms with van der Waals surface area (Å²) in [6.45, 7) is 0. The molecule has 1 aromatic heterocycles. The third-order valence-electron chi connectivity index (χ3n) is 3.84. The van der Waals surface area contributed by atoms with Gasteiger partial charge in [-0.15, -0.1) is 10.2 Å². The molecule has 11 nitrogen and oxygen atoms in total. The fourth-order valence-corrected chi connectivity index (χ4v) is 3.23. The molecule has 0 radical (unpaired) electrons. The van der Waals surface area contributed by atoms with Gasteiger partial charge in [-0.3, -0.25) is 20.2 Å². The SMILES string of the molecule is COc1ccc(-c2nnc(SCc3cc([N+](=O)[O-])cc([N+](=O)[O-])c3OC)o2)cc1. The van der Waals surface area contributed by atoms with Crippen molar-refractivity contribution in [2.45, 2.75) is 11.0 Å². The number of hydrogen-bond donors (Lipinski definition) is 0. The molecule has 0 saturated heterocycles. The molecule has 0 amide bonds. The van der Waals surface area contributed by atoms with E-state index in [-0.39, 0.29) is 28.2 Å². The van der Waals surface area contributed by atoms with Crippen LogP contribution in [0.3, 0.4) is 0 Å². The van der Waals surface area contributed by atoms with Crippen molar-refractivity contribution in [1.29, 1.82) is 0 Å². The van der Waals surface area contributed by atoms with E-state index < -0.39 is 21.2 Å². The number of rotatable bonds is 8. The molecule has 150 valence electrons. The van der Waals surface area contributed by atoms with Crippen LogP contribution in [-0.2, 0) is 5.75 Å². The first kappa shape index (κ1) is 20.1. The van der Waals surface area contributed by atoms with Gasteiger partial charge in [-0.25, -0.2) is 0 Å². The molecule has 0 unspecified atom stereocenters. The Kier molecular flexibility index (Phi) is 5.93. The van der Waals surface area contributed by atoms with E-state index in [0.29, 0.717) is 11.3 Å². The molecular weight excluding hydrogens is 404 g/mol. The van der Waals surface area contributed by atoms with Gasteiger partial charge < -0.3 is 13.9 Å². The molecule has 3 rings (SSSR count). The van der Waals surface area contributed by atoms with Gasteiger partial charge in [0, 0.05) is 22.9 Å². The van der Waals surface area contributed by atoms with Crippen molar-refractivity contribution in [3.63, 3.8) is 0 Å². The number of non-ortho nitro benzene ring substituents is 1. The minimum absolute atomic E-state index is 0.0528. The van der Waals surface area contributed by atoms with E-state index in [1.807, 2.05) is 0 Å². The monoisotopic (exact) mass is 418 g/mol. The highest BCUT2D eigenvalue weighted by molar-refractivity contribution is 7.98. The zero-order chi connectivity index (χ0) is 21.0. The molecule has 0 aliphatic carbocycles. The lowest BCUT2D eigenvalue weighted by Crippen LogP contribution is -2.00. The predicted molar refractivity (Wildman–Crippen MR) is 102 cm³/mol. The Morgan fingerprint density at radius 3 is 2.34 bits per heavy atom. The molecule has 0 bridgehead atoms. The maximum Gasteiger partial charge on any atom is 0.318 e. The highest BCUT2D eigenvalue weighted by Gasteiger charge is 2.25. The van der Waals surface area contributed by atoms with Gasteiger partial charge in [0.15, 0.2) is 0 Å². The molecule has 0 spiro atoms. The Balaban J connectivity index is 1.83. The summed E-state index contributed by atoms with van der Waals surface area (Å²) in [5, 5.41) is 30.4. The van der Waals surface area contributed by atoms with Crippen molar-refractivity contribution < 1.29 is 23.7 Å². The molecule has 0 N–H and O–H groups in total. The van der Waals surface area contributed by atoms with Crippen LogP contribution in [-0.4, -0.2) is 34.3 Å². The van der Waals surface area contributed by atoms with Gasteiger partial charge in [-0.2, -0.15) is 0 Å². The lowest BCUT2D eigenvalue weighted by atomic mass is 10.1. The standard InChI is InChI=1S/C17H14N4O7S/c1-26-13-5-3-10(4-6-13)16-18-19-17(28-16)29-9-11-7-12(20(22)23)8-14(21(24)25)15(11)27-2/h3-8H,9H2,1-2H3. The van der Waals surface area contributed by atoms with Gasteiger partial charge in [0.25, 0.3) is 10.9 Å². The minimum Gasteiger partial charge on any atom is -0.497 e. The van der Waals surface area contributed by atoms with E-state index >= 15 is 0 Å². The van der Waals surface area contributed by atoms with Crippen LogP contribution >= 0.6 is 11.8 Å². The topological polar surface area (TPSA) is 144 Å². The summed E-state index contributed by atoms with van der Waals surface area (Å²) in [5.41, 5.74) is 0.0654. The van der Waals surface area contributed by atoms with Crippen molar-refractivity contribution in [3.8, 4) is 23.0 Å². The van der Waals surface area contributed by atoms with Crippen LogP contribution in [0.5, 0.6) is 11.5 Å². The third-order valence-corrected chi connectivity index (χ3v) is 4.70. The van der Waals surface area contributed by atoms with E-state index in [2.05, 4.69) is 10.2 Å². The van der Waals surface area contributed by atoms with Crippen LogP contribution < -0.4 is 9.47 Å². The quantitative estimate of drug-likeness (QED) is 0.300. The fraction of sp³-hybridized carbons (Fsp3) is 0.176. The van der Waals surface area contributed by atoms with E-state index in [4.69, 9.17) is 13.9 Å². The molecule has 0 atom stereocenters. The second-order valence-corrected chi connectivity index (χ2v) is 6.49. The molecule has 0 aliphatic heterocycles. The molecule has 29 heavy (non-hydrogen) atoms. The van der Waals surface area contributed by atoms with Gasteiger partial charge in [0.1, 0.15) is 5.75 Å². The maximum absolute atomic E-state index is 11.2. The average Bonchev–Trinajstić information content (AvgIpc) is 3.20.